The zero-order valence-electron chi connectivity index (χ0n) is 14.4. The van der Waals surface area contributed by atoms with Crippen LogP contribution in [0, 0.1) is 13.8 Å². The topological polar surface area (TPSA) is 58.6 Å². The molecule has 0 saturated carbocycles. The van der Waals surface area contributed by atoms with Crippen molar-refractivity contribution in [3.05, 3.63) is 59.2 Å². The van der Waals surface area contributed by atoms with Crippen molar-refractivity contribution in [1.82, 2.24) is 0 Å². The lowest BCUT2D eigenvalue weighted by Crippen LogP contribution is -2.21. The van der Waals surface area contributed by atoms with E-state index in [2.05, 4.69) is 5.32 Å². The summed E-state index contributed by atoms with van der Waals surface area (Å²) in [5, 5.41) is 2.76. The molecule has 0 bridgehead atoms. The first kappa shape index (κ1) is 17.5. The molecule has 0 aliphatic rings. The van der Waals surface area contributed by atoms with Crippen molar-refractivity contribution in [3.63, 3.8) is 0 Å². The summed E-state index contributed by atoms with van der Waals surface area (Å²) in [5.74, 6) is -0.876. The van der Waals surface area contributed by atoms with Gasteiger partial charge in [0.15, 0.2) is 6.61 Å². The summed E-state index contributed by atoms with van der Waals surface area (Å²) in [6.45, 7) is 3.59. The molecule has 0 spiro atoms. The molecule has 0 saturated heterocycles. The number of aryl methyl sites for hydroxylation is 1. The van der Waals surface area contributed by atoms with Crippen LogP contribution in [0.5, 0.6) is 0 Å². The molecule has 1 amide bonds. The molecule has 0 aliphatic heterocycles. The number of esters is 1. The van der Waals surface area contributed by atoms with Crippen LogP contribution < -0.4 is 10.2 Å². The fourth-order valence-electron chi connectivity index (χ4n) is 2.18. The molecule has 5 nitrogen and oxygen atoms in total. The Morgan fingerprint density at radius 3 is 2.33 bits per heavy atom. The molecule has 24 heavy (non-hydrogen) atoms. The van der Waals surface area contributed by atoms with Crippen LogP contribution in [-0.4, -0.2) is 32.6 Å². The largest absolute Gasteiger partial charge is 0.452 e. The van der Waals surface area contributed by atoms with Crippen LogP contribution in [0.15, 0.2) is 42.5 Å². The van der Waals surface area contributed by atoms with Crippen LogP contribution in [-0.2, 0) is 9.53 Å². The van der Waals surface area contributed by atoms with E-state index in [1.807, 2.05) is 63.2 Å². The van der Waals surface area contributed by atoms with E-state index in [9.17, 15) is 9.59 Å². The van der Waals surface area contributed by atoms with Gasteiger partial charge in [0.25, 0.3) is 5.91 Å². The third-order valence-corrected chi connectivity index (χ3v) is 3.83. The molecule has 0 fully saturated rings. The quantitative estimate of drug-likeness (QED) is 0.858. The Morgan fingerprint density at radius 1 is 1.04 bits per heavy atom. The number of benzene rings is 2. The Balaban J connectivity index is 1.91. The van der Waals surface area contributed by atoms with Gasteiger partial charge < -0.3 is 15.0 Å². The zero-order chi connectivity index (χ0) is 17.7. The van der Waals surface area contributed by atoms with Crippen molar-refractivity contribution in [3.8, 4) is 0 Å². The van der Waals surface area contributed by atoms with Crippen molar-refractivity contribution in [2.45, 2.75) is 13.8 Å². The summed E-state index contributed by atoms with van der Waals surface area (Å²) < 4.78 is 5.07. The van der Waals surface area contributed by atoms with Crippen LogP contribution >= 0.6 is 0 Å². The number of nitrogens with zero attached hydrogens (tertiary/aromatic N) is 1. The van der Waals surface area contributed by atoms with Gasteiger partial charge in [0.2, 0.25) is 0 Å². The molecule has 2 aromatic carbocycles. The number of rotatable bonds is 5. The Bertz CT molecular complexity index is 737. The van der Waals surface area contributed by atoms with E-state index in [-0.39, 0.29) is 12.5 Å². The van der Waals surface area contributed by atoms with Gasteiger partial charge in [-0.15, -0.1) is 0 Å². The van der Waals surface area contributed by atoms with Gasteiger partial charge in [0.1, 0.15) is 0 Å². The van der Waals surface area contributed by atoms with Gasteiger partial charge >= 0.3 is 5.97 Å². The SMILES string of the molecule is Cc1cccc(NC(=O)COC(=O)c2ccc(N(C)C)cc2)c1C. The maximum Gasteiger partial charge on any atom is 0.338 e. The summed E-state index contributed by atoms with van der Waals surface area (Å²) in [6, 6.07) is 12.7. The Morgan fingerprint density at radius 2 is 1.71 bits per heavy atom. The van der Waals surface area contributed by atoms with Gasteiger partial charge in [0, 0.05) is 25.5 Å². The number of carbonyl (C=O) groups excluding carboxylic acids is 2. The van der Waals surface area contributed by atoms with E-state index in [0.29, 0.717) is 5.56 Å². The minimum atomic E-state index is -0.517. The molecule has 5 heteroatoms. The highest BCUT2D eigenvalue weighted by Crippen LogP contribution is 2.18. The predicted octanol–water partition coefficient (Wildman–Crippen LogP) is 3.16. The summed E-state index contributed by atoms with van der Waals surface area (Å²) in [7, 11) is 3.84. The van der Waals surface area contributed by atoms with E-state index in [1.165, 1.54) is 0 Å². The number of ether oxygens (including phenoxy) is 1. The van der Waals surface area contributed by atoms with E-state index in [4.69, 9.17) is 4.74 Å². The van der Waals surface area contributed by atoms with Crippen LogP contribution in [0.2, 0.25) is 0 Å². The van der Waals surface area contributed by atoms with Gasteiger partial charge in [-0.2, -0.15) is 0 Å². The molecular weight excluding hydrogens is 304 g/mol. The van der Waals surface area contributed by atoms with E-state index >= 15 is 0 Å². The number of anilines is 2. The first-order valence-corrected chi connectivity index (χ1v) is 7.69. The monoisotopic (exact) mass is 326 g/mol. The highest BCUT2D eigenvalue weighted by atomic mass is 16.5. The van der Waals surface area contributed by atoms with Crippen molar-refractivity contribution in [2.24, 2.45) is 0 Å². The lowest BCUT2D eigenvalue weighted by Gasteiger charge is -2.13. The maximum absolute atomic E-state index is 12.0. The Labute approximate surface area is 142 Å². The molecular formula is C19H22N2O3. The zero-order valence-corrected chi connectivity index (χ0v) is 14.4. The average molecular weight is 326 g/mol. The molecule has 2 aromatic rings. The summed E-state index contributed by atoms with van der Waals surface area (Å²) in [6.07, 6.45) is 0. The number of amides is 1. The lowest BCUT2D eigenvalue weighted by atomic mass is 10.1. The summed E-state index contributed by atoms with van der Waals surface area (Å²) in [5.41, 5.74) is 4.22. The fourth-order valence-corrected chi connectivity index (χ4v) is 2.18. The average Bonchev–Trinajstić information content (AvgIpc) is 2.57. The molecule has 0 aliphatic carbocycles. The van der Waals surface area contributed by atoms with Gasteiger partial charge in [0.05, 0.1) is 5.56 Å². The fraction of sp³-hybridized carbons (Fsp3) is 0.263. The standard InChI is InChI=1S/C19H22N2O3/c1-13-6-5-7-17(14(13)2)20-18(22)12-24-19(23)15-8-10-16(11-9-15)21(3)4/h5-11H,12H2,1-4H3,(H,20,22). The molecule has 0 radical (unpaired) electrons. The van der Waals surface area contributed by atoms with Gasteiger partial charge in [-0.25, -0.2) is 4.79 Å². The molecule has 0 aromatic heterocycles. The number of nitrogens with one attached hydrogen (secondary N) is 1. The molecule has 126 valence electrons. The first-order chi connectivity index (χ1) is 11.4. The highest BCUT2D eigenvalue weighted by molar-refractivity contribution is 5.96. The minimum absolute atomic E-state index is 0.318. The second-order valence-corrected chi connectivity index (χ2v) is 5.81. The summed E-state index contributed by atoms with van der Waals surface area (Å²) in [4.78, 5) is 25.9. The van der Waals surface area contributed by atoms with Crippen molar-refractivity contribution >= 4 is 23.3 Å². The molecule has 0 unspecified atom stereocenters. The second-order valence-electron chi connectivity index (χ2n) is 5.81. The molecule has 1 N–H and O–H groups in total. The van der Waals surface area contributed by atoms with Crippen LogP contribution in [0.4, 0.5) is 11.4 Å². The lowest BCUT2D eigenvalue weighted by molar-refractivity contribution is -0.119. The van der Waals surface area contributed by atoms with Crippen molar-refractivity contribution < 1.29 is 14.3 Å². The van der Waals surface area contributed by atoms with Gasteiger partial charge in [-0.3, -0.25) is 4.79 Å². The third-order valence-electron chi connectivity index (χ3n) is 3.83. The van der Waals surface area contributed by atoms with Crippen molar-refractivity contribution in [1.29, 1.82) is 0 Å². The first-order valence-electron chi connectivity index (χ1n) is 7.69. The van der Waals surface area contributed by atoms with E-state index < -0.39 is 5.97 Å². The van der Waals surface area contributed by atoms with Crippen LogP contribution in [0.25, 0.3) is 0 Å². The number of hydrogen-bond acceptors (Lipinski definition) is 4. The Hall–Kier alpha value is -2.82. The molecule has 2 rings (SSSR count). The van der Waals surface area contributed by atoms with Gasteiger partial charge in [-0.05, 0) is 55.3 Å². The third kappa shape index (κ3) is 4.35. The van der Waals surface area contributed by atoms with Crippen LogP contribution in [0.1, 0.15) is 21.5 Å². The second kappa shape index (κ2) is 7.64. The summed E-state index contributed by atoms with van der Waals surface area (Å²) >= 11 is 0. The number of carbonyl (C=O) groups is 2. The van der Waals surface area contributed by atoms with E-state index in [0.717, 1.165) is 22.5 Å². The highest BCUT2D eigenvalue weighted by Gasteiger charge is 2.11. The Kier molecular flexibility index (Phi) is 5.58. The normalized spacial score (nSPS) is 10.2. The maximum atomic E-state index is 12.0. The number of hydrogen-bond donors (Lipinski definition) is 1. The van der Waals surface area contributed by atoms with Crippen molar-refractivity contribution in [2.75, 3.05) is 30.9 Å². The van der Waals surface area contributed by atoms with Gasteiger partial charge in [-0.1, -0.05) is 12.1 Å². The minimum Gasteiger partial charge on any atom is -0.452 e. The smallest absolute Gasteiger partial charge is 0.338 e. The van der Waals surface area contributed by atoms with E-state index in [1.54, 1.807) is 12.1 Å². The molecule has 0 heterocycles. The predicted molar refractivity (Wildman–Crippen MR) is 95.6 cm³/mol. The van der Waals surface area contributed by atoms with Crippen LogP contribution in [0.3, 0.4) is 0 Å². The molecule has 0 atom stereocenters.